The van der Waals surface area contributed by atoms with Gasteiger partial charge in [-0.25, -0.2) is 4.39 Å². The van der Waals surface area contributed by atoms with Crippen LogP contribution < -0.4 is 4.74 Å². The Bertz CT molecular complexity index is 467. The van der Waals surface area contributed by atoms with Crippen LogP contribution >= 0.6 is 31.9 Å². The fourth-order valence-electron chi connectivity index (χ4n) is 3.19. The van der Waals surface area contributed by atoms with Gasteiger partial charge in [0.1, 0.15) is 11.6 Å². The van der Waals surface area contributed by atoms with Gasteiger partial charge >= 0.3 is 0 Å². The number of rotatable bonds is 3. The van der Waals surface area contributed by atoms with Gasteiger partial charge in [-0.05, 0) is 59.0 Å². The minimum atomic E-state index is -0.274. The third-order valence-corrected chi connectivity index (χ3v) is 6.11. The van der Waals surface area contributed by atoms with Gasteiger partial charge in [0, 0.05) is 16.5 Å². The fraction of sp³-hybridized carbons (Fsp3) is 0.571. The van der Waals surface area contributed by atoms with Gasteiger partial charge in [0.2, 0.25) is 0 Å². The lowest BCUT2D eigenvalue weighted by molar-refractivity contribution is 0.396. The van der Waals surface area contributed by atoms with Crippen molar-refractivity contribution in [3.05, 3.63) is 28.0 Å². The Morgan fingerprint density at radius 3 is 2.56 bits per heavy atom. The molecule has 0 spiro atoms. The molecule has 0 N–H and O–H groups in total. The molecule has 3 unspecified atom stereocenters. The van der Waals surface area contributed by atoms with E-state index in [1.165, 1.54) is 25.3 Å². The Hall–Kier alpha value is -0.0900. The van der Waals surface area contributed by atoms with E-state index >= 15 is 0 Å². The summed E-state index contributed by atoms with van der Waals surface area (Å²) in [7, 11) is 1.60. The number of hydrogen-bond acceptors (Lipinski definition) is 1. The highest BCUT2D eigenvalue weighted by Gasteiger charge is 2.48. The number of benzene rings is 1. The highest BCUT2D eigenvalue weighted by Crippen LogP contribution is 2.59. The lowest BCUT2D eigenvalue weighted by Gasteiger charge is -2.22. The Balaban J connectivity index is 1.87. The van der Waals surface area contributed by atoms with Crippen molar-refractivity contribution >= 4 is 31.9 Å². The number of halogens is 3. The molecule has 0 heterocycles. The first kappa shape index (κ1) is 12.9. The molecule has 0 aliphatic heterocycles. The van der Waals surface area contributed by atoms with Gasteiger partial charge < -0.3 is 4.74 Å². The van der Waals surface area contributed by atoms with Crippen molar-refractivity contribution in [3.8, 4) is 5.75 Å². The molecule has 3 atom stereocenters. The Morgan fingerprint density at radius 1 is 1.28 bits per heavy atom. The maximum Gasteiger partial charge on any atom is 0.141 e. The van der Waals surface area contributed by atoms with Gasteiger partial charge in [0.25, 0.3) is 0 Å². The summed E-state index contributed by atoms with van der Waals surface area (Å²) in [4.78, 5) is 0.261. The van der Waals surface area contributed by atoms with E-state index < -0.39 is 0 Å². The summed E-state index contributed by atoms with van der Waals surface area (Å²) < 4.78 is 19.3. The minimum absolute atomic E-state index is 0.261. The van der Waals surface area contributed by atoms with Crippen LogP contribution in [-0.4, -0.2) is 7.11 Å². The highest BCUT2D eigenvalue weighted by atomic mass is 79.9. The van der Waals surface area contributed by atoms with E-state index in [1.54, 1.807) is 7.11 Å². The normalized spacial score (nSPS) is 31.0. The van der Waals surface area contributed by atoms with Crippen molar-refractivity contribution in [2.24, 2.45) is 17.8 Å². The zero-order chi connectivity index (χ0) is 12.9. The summed E-state index contributed by atoms with van der Waals surface area (Å²) in [6.07, 6.45) is 4.00. The van der Waals surface area contributed by atoms with Crippen molar-refractivity contribution in [2.75, 3.05) is 7.11 Å². The Labute approximate surface area is 123 Å². The van der Waals surface area contributed by atoms with Gasteiger partial charge in [-0.1, -0.05) is 15.9 Å². The molecule has 18 heavy (non-hydrogen) atoms. The second-order valence-electron chi connectivity index (χ2n) is 5.40. The maximum atomic E-state index is 13.5. The second kappa shape index (κ2) is 4.78. The predicted molar refractivity (Wildman–Crippen MR) is 76.6 cm³/mol. The molecule has 2 aliphatic carbocycles. The smallest absolute Gasteiger partial charge is 0.141 e. The maximum absolute atomic E-state index is 13.5. The van der Waals surface area contributed by atoms with E-state index in [2.05, 4.69) is 31.9 Å². The summed E-state index contributed by atoms with van der Waals surface area (Å²) >= 11 is 7.04. The predicted octanol–water partition coefficient (Wildman–Crippen LogP) is 5.08. The van der Waals surface area contributed by atoms with Gasteiger partial charge in [-0.3, -0.25) is 0 Å². The van der Waals surface area contributed by atoms with Gasteiger partial charge in [0.05, 0.1) is 11.6 Å². The molecular formula is C14H15Br2FO. The molecule has 0 aromatic heterocycles. The monoisotopic (exact) mass is 376 g/mol. The van der Waals surface area contributed by atoms with Crippen LogP contribution in [0.4, 0.5) is 4.39 Å². The third kappa shape index (κ3) is 2.22. The quantitative estimate of drug-likeness (QED) is 0.667. The molecular weight excluding hydrogens is 363 g/mol. The van der Waals surface area contributed by atoms with Crippen LogP contribution in [0.15, 0.2) is 16.6 Å². The molecule has 0 saturated heterocycles. The van der Waals surface area contributed by atoms with Gasteiger partial charge in [-0.15, -0.1) is 0 Å². The van der Waals surface area contributed by atoms with E-state index in [0.717, 1.165) is 17.4 Å². The number of methoxy groups -OCH3 is 1. The van der Waals surface area contributed by atoms with Crippen molar-refractivity contribution in [1.29, 1.82) is 0 Å². The Morgan fingerprint density at radius 2 is 1.94 bits per heavy atom. The Kier molecular flexibility index (Phi) is 3.43. The van der Waals surface area contributed by atoms with Crippen LogP contribution in [0.25, 0.3) is 0 Å². The summed E-state index contributed by atoms with van der Waals surface area (Å²) in [5, 5.41) is 0. The van der Waals surface area contributed by atoms with E-state index in [4.69, 9.17) is 4.74 Å². The molecule has 4 heteroatoms. The first-order valence-corrected chi connectivity index (χ1v) is 7.98. The van der Waals surface area contributed by atoms with Crippen LogP contribution in [-0.2, 0) is 0 Å². The molecule has 1 aromatic carbocycles. The largest absolute Gasteiger partial charge is 0.496 e. The summed E-state index contributed by atoms with van der Waals surface area (Å²) in [6, 6.07) is 3.31. The number of ether oxygens (including phenoxy) is 1. The molecule has 2 aliphatic rings. The summed E-state index contributed by atoms with van der Waals surface area (Å²) in [6.45, 7) is 0. The van der Waals surface area contributed by atoms with Crippen LogP contribution in [0.3, 0.4) is 0 Å². The van der Waals surface area contributed by atoms with Gasteiger partial charge in [-0.2, -0.15) is 0 Å². The van der Waals surface area contributed by atoms with Crippen molar-refractivity contribution < 1.29 is 9.13 Å². The molecule has 1 aromatic rings. The highest BCUT2D eigenvalue weighted by molar-refractivity contribution is 9.10. The lowest BCUT2D eigenvalue weighted by Crippen LogP contribution is -2.07. The minimum Gasteiger partial charge on any atom is -0.496 e. The zero-order valence-electron chi connectivity index (χ0n) is 10.1. The first-order chi connectivity index (χ1) is 8.60. The molecule has 98 valence electrons. The van der Waals surface area contributed by atoms with Crippen LogP contribution in [0.5, 0.6) is 5.75 Å². The van der Waals surface area contributed by atoms with E-state index in [9.17, 15) is 4.39 Å². The molecule has 2 saturated carbocycles. The molecule has 3 rings (SSSR count). The van der Waals surface area contributed by atoms with E-state index in [-0.39, 0.29) is 10.6 Å². The molecule has 0 amide bonds. The number of hydrogen-bond donors (Lipinski definition) is 0. The number of fused-ring (bicyclic) bond motifs is 1. The molecule has 2 fully saturated rings. The first-order valence-electron chi connectivity index (χ1n) is 6.27. The van der Waals surface area contributed by atoms with E-state index in [0.29, 0.717) is 16.1 Å². The van der Waals surface area contributed by atoms with Crippen LogP contribution in [0.2, 0.25) is 0 Å². The van der Waals surface area contributed by atoms with Crippen molar-refractivity contribution in [3.63, 3.8) is 0 Å². The fourth-order valence-corrected chi connectivity index (χ4v) is 4.34. The average Bonchev–Trinajstić information content (AvgIpc) is 2.98. The topological polar surface area (TPSA) is 9.23 Å². The van der Waals surface area contributed by atoms with E-state index in [1.807, 2.05) is 6.07 Å². The molecule has 0 radical (unpaired) electrons. The van der Waals surface area contributed by atoms with Crippen molar-refractivity contribution in [2.45, 2.75) is 24.1 Å². The molecule has 1 nitrogen and oxygen atoms in total. The number of alkyl halides is 1. The van der Waals surface area contributed by atoms with Gasteiger partial charge in [0.15, 0.2) is 0 Å². The molecule has 0 bridgehead atoms. The second-order valence-corrected chi connectivity index (χ2v) is 7.24. The van der Waals surface area contributed by atoms with Crippen molar-refractivity contribution in [1.82, 2.24) is 0 Å². The average molecular weight is 378 g/mol. The zero-order valence-corrected chi connectivity index (χ0v) is 13.3. The summed E-state index contributed by atoms with van der Waals surface area (Å²) in [5.41, 5.74) is 1.05. The van der Waals surface area contributed by atoms with Crippen LogP contribution in [0.1, 0.15) is 29.7 Å². The lowest BCUT2D eigenvalue weighted by atomic mass is 9.94. The summed E-state index contributed by atoms with van der Waals surface area (Å²) in [5.74, 6) is 2.91. The third-order valence-electron chi connectivity index (χ3n) is 4.26. The van der Waals surface area contributed by atoms with Crippen LogP contribution in [0, 0.1) is 23.6 Å². The standard InChI is InChI=1S/C14H15Br2FO/c1-18-13-6-12(17)11(15)5-10(13)14(16)9-3-7-2-8(7)4-9/h5-9,14H,2-4H2,1H3. The SMILES string of the molecule is COc1cc(F)c(Br)cc1C(Br)C1CC2CC2C1.